The van der Waals surface area contributed by atoms with Crippen LogP contribution in [-0.2, 0) is 11.2 Å². The Hall–Kier alpha value is -3.61. The van der Waals surface area contributed by atoms with Crippen LogP contribution in [0.5, 0.6) is 0 Å². The van der Waals surface area contributed by atoms with Gasteiger partial charge in [0.1, 0.15) is 5.82 Å². The highest BCUT2D eigenvalue weighted by molar-refractivity contribution is 5.92. The number of carbonyl (C=O) groups excluding carboxylic acids is 2. The molecule has 1 atom stereocenters. The zero-order valence-corrected chi connectivity index (χ0v) is 17.6. The van der Waals surface area contributed by atoms with Crippen LogP contribution >= 0.6 is 0 Å². The van der Waals surface area contributed by atoms with Crippen molar-refractivity contribution in [3.63, 3.8) is 0 Å². The number of amides is 3. The van der Waals surface area contributed by atoms with Gasteiger partial charge < -0.3 is 16.0 Å². The lowest BCUT2D eigenvalue weighted by atomic mass is 9.88. The minimum atomic E-state index is -0.334. The van der Waals surface area contributed by atoms with Gasteiger partial charge in [0.05, 0.1) is 12.2 Å². The molecule has 7 nitrogen and oxygen atoms in total. The molecule has 1 aromatic heterocycles. The summed E-state index contributed by atoms with van der Waals surface area (Å²) in [5.74, 6) is 0.564. The van der Waals surface area contributed by atoms with E-state index in [0.29, 0.717) is 5.69 Å². The summed E-state index contributed by atoms with van der Waals surface area (Å²) in [6, 6.07) is 17.4. The first-order chi connectivity index (χ1) is 15.1. The number of aryl methyl sites for hydroxylation is 2. The van der Waals surface area contributed by atoms with Crippen molar-refractivity contribution in [1.82, 2.24) is 15.1 Å². The Kier molecular flexibility index (Phi) is 6.31. The van der Waals surface area contributed by atoms with Crippen LogP contribution in [0.3, 0.4) is 0 Å². The normalized spacial score (nSPS) is 15.1. The topological polar surface area (TPSA) is 88.1 Å². The molecule has 3 aromatic rings. The van der Waals surface area contributed by atoms with Gasteiger partial charge in [-0.1, -0.05) is 42.5 Å². The molecule has 1 aliphatic rings. The van der Waals surface area contributed by atoms with Crippen LogP contribution in [0, 0.1) is 6.92 Å². The van der Waals surface area contributed by atoms with Crippen LogP contribution in [-0.4, -0.2) is 28.3 Å². The average Bonchev–Trinajstić information content (AvgIpc) is 3.14. The van der Waals surface area contributed by atoms with Crippen molar-refractivity contribution < 1.29 is 9.59 Å². The van der Waals surface area contributed by atoms with E-state index in [9.17, 15) is 9.59 Å². The first-order valence-electron chi connectivity index (χ1n) is 10.6. The summed E-state index contributed by atoms with van der Waals surface area (Å²) in [7, 11) is 0. The Bertz CT molecular complexity index is 1060. The monoisotopic (exact) mass is 417 g/mol. The quantitative estimate of drug-likeness (QED) is 0.560. The molecule has 3 N–H and O–H groups in total. The van der Waals surface area contributed by atoms with E-state index in [2.05, 4.69) is 45.3 Å². The van der Waals surface area contributed by atoms with Crippen molar-refractivity contribution >= 4 is 23.4 Å². The molecule has 3 amide bonds. The molecule has 1 aliphatic carbocycles. The number of hydrogen-bond donors (Lipinski definition) is 3. The summed E-state index contributed by atoms with van der Waals surface area (Å²) in [4.78, 5) is 24.5. The number of hydrogen-bond acceptors (Lipinski definition) is 3. The molecule has 0 spiro atoms. The molecule has 31 heavy (non-hydrogen) atoms. The molecule has 0 saturated carbocycles. The summed E-state index contributed by atoms with van der Waals surface area (Å²) in [6.07, 6.45) is 5.12. The number of fused-ring (bicyclic) bond motifs is 1. The summed E-state index contributed by atoms with van der Waals surface area (Å²) in [5, 5.41) is 13.0. The molecule has 1 unspecified atom stereocenters. The molecule has 0 aliphatic heterocycles. The fraction of sp³-hybridized carbons (Fsp3) is 0.292. The molecule has 4 rings (SSSR count). The van der Waals surface area contributed by atoms with E-state index >= 15 is 0 Å². The van der Waals surface area contributed by atoms with Gasteiger partial charge in [0.15, 0.2) is 0 Å². The largest absolute Gasteiger partial charge is 0.337 e. The summed E-state index contributed by atoms with van der Waals surface area (Å²) in [6.45, 7) is 2.18. The smallest absolute Gasteiger partial charge is 0.319 e. The number of para-hydroxylation sites is 1. The Labute approximate surface area is 181 Å². The van der Waals surface area contributed by atoms with Crippen molar-refractivity contribution in [3.05, 3.63) is 77.5 Å². The molecule has 0 saturated heterocycles. The first-order valence-corrected chi connectivity index (χ1v) is 10.6. The Morgan fingerprint density at radius 1 is 1.06 bits per heavy atom. The zero-order valence-electron chi connectivity index (χ0n) is 17.6. The summed E-state index contributed by atoms with van der Waals surface area (Å²) < 4.78 is 1.93. The van der Waals surface area contributed by atoms with Crippen LogP contribution in [0.25, 0.3) is 0 Å². The maximum absolute atomic E-state index is 12.6. The number of carbonyl (C=O) groups is 2. The third-order valence-corrected chi connectivity index (χ3v) is 5.54. The van der Waals surface area contributed by atoms with E-state index in [1.807, 2.05) is 29.8 Å². The number of aromatic nitrogens is 2. The Morgan fingerprint density at radius 2 is 1.84 bits per heavy atom. The van der Waals surface area contributed by atoms with Crippen molar-refractivity contribution in [2.24, 2.45) is 0 Å². The lowest BCUT2D eigenvalue weighted by Crippen LogP contribution is -2.32. The minimum Gasteiger partial charge on any atom is -0.337 e. The van der Waals surface area contributed by atoms with Crippen molar-refractivity contribution in [1.29, 1.82) is 0 Å². The minimum absolute atomic E-state index is 0.115. The number of benzene rings is 2. The highest BCUT2D eigenvalue weighted by atomic mass is 16.2. The summed E-state index contributed by atoms with van der Waals surface area (Å²) >= 11 is 0. The van der Waals surface area contributed by atoms with Gasteiger partial charge in [-0.05, 0) is 49.4 Å². The van der Waals surface area contributed by atoms with Crippen LogP contribution in [0.1, 0.15) is 42.0 Å². The van der Waals surface area contributed by atoms with Gasteiger partial charge in [-0.2, -0.15) is 5.10 Å². The zero-order chi connectivity index (χ0) is 21.6. The predicted octanol–water partition coefficient (Wildman–Crippen LogP) is 4.27. The number of rotatable bonds is 6. The lowest BCUT2D eigenvalue weighted by molar-refractivity contribution is -0.116. The lowest BCUT2D eigenvalue weighted by Gasteiger charge is -2.27. The van der Waals surface area contributed by atoms with Crippen molar-refractivity contribution in [2.45, 2.75) is 38.6 Å². The van der Waals surface area contributed by atoms with Gasteiger partial charge in [-0.15, -0.1) is 0 Å². The second-order valence-electron chi connectivity index (χ2n) is 7.77. The fourth-order valence-corrected chi connectivity index (χ4v) is 4.00. The molecule has 2 aromatic carbocycles. The third-order valence-electron chi connectivity index (χ3n) is 5.54. The van der Waals surface area contributed by atoms with Gasteiger partial charge >= 0.3 is 6.03 Å². The number of nitrogens with one attached hydrogen (secondary N) is 3. The van der Waals surface area contributed by atoms with Crippen molar-refractivity contribution in [2.75, 3.05) is 17.2 Å². The van der Waals surface area contributed by atoms with Crippen LogP contribution in [0.2, 0.25) is 0 Å². The highest BCUT2D eigenvalue weighted by Crippen LogP contribution is 2.35. The number of urea groups is 1. The summed E-state index contributed by atoms with van der Waals surface area (Å²) in [5.41, 5.74) is 4.24. The molecule has 0 radical (unpaired) electrons. The van der Waals surface area contributed by atoms with Gasteiger partial charge in [0.2, 0.25) is 5.91 Å². The molecule has 7 heteroatoms. The Balaban J connectivity index is 1.35. The average molecular weight is 418 g/mol. The molecule has 160 valence electrons. The van der Waals surface area contributed by atoms with Crippen molar-refractivity contribution in [3.8, 4) is 0 Å². The maximum atomic E-state index is 12.6. The highest BCUT2D eigenvalue weighted by Gasteiger charge is 2.25. The van der Waals surface area contributed by atoms with Gasteiger partial charge in [-0.3, -0.25) is 4.79 Å². The Morgan fingerprint density at radius 3 is 2.68 bits per heavy atom. The predicted molar refractivity (Wildman–Crippen MR) is 121 cm³/mol. The van der Waals surface area contributed by atoms with Crippen LogP contribution in [0.4, 0.5) is 16.3 Å². The standard InChI is InChI=1S/C24H27N5O2/c1-17-16-26-29(21-13-7-9-18-8-5-6-12-20(18)21)23(17)28-22(30)14-15-25-24(31)27-19-10-3-2-4-11-19/h2-6,8,10-12,16,21H,7,9,13-15H2,1H3,(H,28,30)(H2,25,27,31). The van der Waals surface area contributed by atoms with Gasteiger partial charge in [-0.25, -0.2) is 9.48 Å². The van der Waals surface area contributed by atoms with Gasteiger partial charge in [0, 0.05) is 24.2 Å². The van der Waals surface area contributed by atoms with E-state index in [1.54, 1.807) is 18.3 Å². The van der Waals surface area contributed by atoms with E-state index < -0.39 is 0 Å². The molecule has 1 heterocycles. The maximum Gasteiger partial charge on any atom is 0.319 e. The van der Waals surface area contributed by atoms with E-state index in [4.69, 9.17) is 0 Å². The fourth-order valence-electron chi connectivity index (χ4n) is 4.00. The van der Waals surface area contributed by atoms with Crippen LogP contribution < -0.4 is 16.0 Å². The third kappa shape index (κ3) is 4.94. The first kappa shape index (κ1) is 20.7. The SMILES string of the molecule is Cc1cnn(C2CCCc3ccccc32)c1NC(=O)CCNC(=O)Nc1ccccc1. The second kappa shape index (κ2) is 9.47. The number of anilines is 2. The molecule has 0 bridgehead atoms. The van der Waals surface area contributed by atoms with E-state index in [-0.39, 0.29) is 30.9 Å². The molecule has 0 fully saturated rings. The second-order valence-corrected chi connectivity index (χ2v) is 7.77. The van der Waals surface area contributed by atoms with Crippen LogP contribution in [0.15, 0.2) is 60.8 Å². The van der Waals surface area contributed by atoms with E-state index in [1.165, 1.54) is 11.1 Å². The number of nitrogens with zero attached hydrogens (tertiary/aromatic N) is 2. The molecular weight excluding hydrogens is 390 g/mol. The van der Waals surface area contributed by atoms with E-state index in [0.717, 1.165) is 30.6 Å². The van der Waals surface area contributed by atoms with Gasteiger partial charge in [0.25, 0.3) is 0 Å². The molecular formula is C24H27N5O2.